The molecule has 0 bridgehead atoms. The fourth-order valence-corrected chi connectivity index (χ4v) is 8.14. The molecule has 9 heteroatoms. The average molecular weight is 867 g/mol. The van der Waals surface area contributed by atoms with E-state index in [0.29, 0.717) is 37.7 Å². The lowest BCUT2D eigenvalue weighted by molar-refractivity contribution is -0.150. The number of hydrogen-bond acceptors (Lipinski definition) is 8. The smallest absolute Gasteiger partial charge is 0.306 e. The van der Waals surface area contributed by atoms with E-state index >= 15 is 0 Å². The molecule has 1 rings (SSSR count). The Balaban J connectivity index is 2.47. The Bertz CT molecular complexity index is 1220. The van der Waals surface area contributed by atoms with E-state index in [4.69, 9.17) is 14.2 Å². The number of amidine groups is 1. The number of ether oxygens (including phenoxy) is 3. The van der Waals surface area contributed by atoms with Gasteiger partial charge in [0.25, 0.3) is 0 Å². The molecule has 0 aliphatic carbocycles. The summed E-state index contributed by atoms with van der Waals surface area (Å²) in [6, 6.07) is 9.62. The maximum atomic E-state index is 12.8. The zero-order valence-corrected chi connectivity index (χ0v) is 40.6. The van der Waals surface area contributed by atoms with Crippen LogP contribution in [0.25, 0.3) is 0 Å². The first-order chi connectivity index (χ1) is 30.4. The van der Waals surface area contributed by atoms with Gasteiger partial charge in [-0.05, 0) is 102 Å². The molecule has 1 aromatic carbocycles. The van der Waals surface area contributed by atoms with E-state index in [-0.39, 0.29) is 24.1 Å². The molecule has 0 saturated carbocycles. The van der Waals surface area contributed by atoms with Crippen LogP contribution >= 0.6 is 0 Å². The number of rotatable bonds is 43. The van der Waals surface area contributed by atoms with E-state index in [1.807, 2.05) is 36.5 Å². The summed E-state index contributed by atoms with van der Waals surface area (Å²) in [7, 11) is 0. The Morgan fingerprint density at radius 3 is 1.66 bits per heavy atom. The molecule has 0 unspecified atom stereocenters. The second-order valence-corrected chi connectivity index (χ2v) is 17.8. The number of nitriles is 1. The molecular formula is C53H94N4O5. The molecule has 0 heterocycles. The van der Waals surface area contributed by atoms with Crippen LogP contribution < -0.4 is 10.1 Å². The number of hydrogen-bond donors (Lipinski definition) is 1. The molecule has 0 saturated heterocycles. The van der Waals surface area contributed by atoms with Gasteiger partial charge in [0, 0.05) is 19.4 Å². The summed E-state index contributed by atoms with van der Waals surface area (Å²) in [5, 5.41) is 12.4. The minimum Gasteiger partial charge on any atom is -0.466 e. The molecule has 0 aliphatic heterocycles. The monoisotopic (exact) mass is 867 g/mol. The van der Waals surface area contributed by atoms with E-state index in [1.54, 1.807) is 0 Å². The number of carbonyl (C=O) groups is 2. The predicted octanol–water partition coefficient (Wildman–Crippen LogP) is 14.4. The summed E-state index contributed by atoms with van der Waals surface area (Å²) >= 11 is 0. The first-order valence-corrected chi connectivity index (χ1v) is 26.0. The lowest BCUT2D eigenvalue weighted by atomic mass is 9.93. The van der Waals surface area contributed by atoms with Crippen LogP contribution in [0.1, 0.15) is 233 Å². The fourth-order valence-electron chi connectivity index (χ4n) is 8.14. The van der Waals surface area contributed by atoms with Gasteiger partial charge < -0.3 is 24.4 Å². The number of aliphatic imine (C=N–C) groups is 1. The van der Waals surface area contributed by atoms with Gasteiger partial charge in [-0.25, -0.2) is 0 Å². The van der Waals surface area contributed by atoms with Gasteiger partial charge >= 0.3 is 18.0 Å². The number of nitrogens with zero attached hydrogens (tertiary/aromatic N) is 3. The molecule has 0 amide bonds. The van der Waals surface area contributed by atoms with Gasteiger partial charge in [-0.1, -0.05) is 174 Å². The van der Waals surface area contributed by atoms with Gasteiger partial charge in [0.1, 0.15) is 11.9 Å². The Morgan fingerprint density at radius 1 is 0.597 bits per heavy atom. The van der Waals surface area contributed by atoms with Crippen LogP contribution in [0, 0.1) is 17.4 Å². The van der Waals surface area contributed by atoms with Gasteiger partial charge in [0.05, 0.1) is 6.61 Å². The third-order valence-electron chi connectivity index (χ3n) is 12.0. The van der Waals surface area contributed by atoms with E-state index in [2.05, 4.69) is 42.9 Å². The van der Waals surface area contributed by atoms with Crippen LogP contribution in [0.5, 0.6) is 5.75 Å². The SMILES string of the molecule is CCCCCCCC(CCCCCCC)OC(=O)CCCCCCCN(CCCCCCCC(=O)OCCC(CCCC)CCCC)CCCN/C(=N/C#N)Oc1ccccc1. The molecule has 0 aromatic heterocycles. The maximum absolute atomic E-state index is 12.8. The molecule has 0 fully saturated rings. The molecule has 0 atom stereocenters. The first kappa shape index (κ1) is 56.9. The summed E-state index contributed by atoms with van der Waals surface area (Å²) in [4.78, 5) is 31.6. The number of carbonyl (C=O) groups excluding carboxylic acids is 2. The molecule has 1 N–H and O–H groups in total. The first-order valence-electron chi connectivity index (χ1n) is 26.0. The summed E-state index contributed by atoms with van der Waals surface area (Å²) in [5.74, 6) is 1.29. The van der Waals surface area contributed by atoms with Crippen molar-refractivity contribution in [2.24, 2.45) is 10.9 Å². The van der Waals surface area contributed by atoms with E-state index in [9.17, 15) is 14.9 Å². The van der Waals surface area contributed by atoms with Crippen molar-refractivity contribution in [1.29, 1.82) is 5.26 Å². The highest BCUT2D eigenvalue weighted by Crippen LogP contribution is 2.21. The summed E-state index contributed by atoms with van der Waals surface area (Å²) in [6.45, 7) is 13.3. The maximum Gasteiger partial charge on any atom is 0.306 e. The van der Waals surface area contributed by atoms with E-state index < -0.39 is 0 Å². The van der Waals surface area contributed by atoms with Crippen molar-refractivity contribution in [3.8, 4) is 11.9 Å². The minimum absolute atomic E-state index is 0.00185. The second kappa shape index (κ2) is 43.1. The Kier molecular flexibility index (Phi) is 39.6. The Labute approximate surface area is 381 Å². The van der Waals surface area contributed by atoms with Gasteiger partial charge in [-0.2, -0.15) is 5.26 Å². The van der Waals surface area contributed by atoms with Gasteiger partial charge in [0.15, 0.2) is 0 Å². The molecule has 0 radical (unpaired) electrons. The third kappa shape index (κ3) is 35.4. The molecule has 0 spiro atoms. The summed E-state index contributed by atoms with van der Waals surface area (Å²) in [6.07, 6.45) is 37.7. The van der Waals surface area contributed by atoms with Crippen LogP contribution in [0.4, 0.5) is 0 Å². The van der Waals surface area contributed by atoms with Crippen LogP contribution in [-0.2, 0) is 19.1 Å². The topological polar surface area (TPSA) is 113 Å². The average Bonchev–Trinajstić information content (AvgIpc) is 3.27. The van der Waals surface area contributed by atoms with E-state index in [1.165, 1.54) is 89.9 Å². The predicted molar refractivity (Wildman–Crippen MR) is 259 cm³/mol. The Hall–Kier alpha value is -3.12. The number of benzene rings is 1. The summed E-state index contributed by atoms with van der Waals surface area (Å²) in [5.41, 5.74) is 0. The van der Waals surface area contributed by atoms with Gasteiger partial charge in [-0.3, -0.25) is 9.59 Å². The number of para-hydroxylation sites is 1. The highest BCUT2D eigenvalue weighted by Gasteiger charge is 2.15. The quantitative estimate of drug-likeness (QED) is 0.0227. The third-order valence-corrected chi connectivity index (χ3v) is 12.0. The van der Waals surface area contributed by atoms with Crippen LogP contribution in [0.15, 0.2) is 35.3 Å². The molecule has 0 aliphatic rings. The van der Waals surface area contributed by atoms with Gasteiger partial charge in [-0.15, -0.1) is 4.99 Å². The summed E-state index contributed by atoms with van der Waals surface area (Å²) < 4.78 is 17.5. The lowest BCUT2D eigenvalue weighted by Crippen LogP contribution is -2.33. The highest BCUT2D eigenvalue weighted by molar-refractivity contribution is 5.77. The normalized spacial score (nSPS) is 11.7. The van der Waals surface area contributed by atoms with Crippen molar-refractivity contribution < 1.29 is 23.8 Å². The lowest BCUT2D eigenvalue weighted by Gasteiger charge is -2.22. The molecule has 1 aromatic rings. The zero-order valence-electron chi connectivity index (χ0n) is 40.6. The van der Waals surface area contributed by atoms with Crippen LogP contribution in [0.3, 0.4) is 0 Å². The van der Waals surface area contributed by atoms with Crippen LogP contribution in [-0.4, -0.2) is 61.8 Å². The van der Waals surface area contributed by atoms with Crippen molar-refractivity contribution >= 4 is 18.0 Å². The van der Waals surface area contributed by atoms with Gasteiger partial charge in [0.2, 0.25) is 6.19 Å². The van der Waals surface area contributed by atoms with Crippen molar-refractivity contribution in [1.82, 2.24) is 10.2 Å². The molecule has 356 valence electrons. The number of esters is 2. The highest BCUT2D eigenvalue weighted by atomic mass is 16.5. The van der Waals surface area contributed by atoms with Crippen LogP contribution in [0.2, 0.25) is 0 Å². The fraction of sp³-hybridized carbons (Fsp3) is 0.811. The van der Waals surface area contributed by atoms with Crippen molar-refractivity contribution in [3.63, 3.8) is 0 Å². The second-order valence-electron chi connectivity index (χ2n) is 17.8. The largest absolute Gasteiger partial charge is 0.466 e. The standard InChI is InChI=1S/C53H94N4O5/c1-5-9-13-17-24-35-49(36-25-18-14-10-6-2)61-52(59)40-29-20-16-22-31-44-57(45-32-42-55-53(56-47-54)62-50-37-26-23-27-38-50)43-30-21-15-19-28-39-51(58)60-46-41-48(33-11-7-3)34-12-8-4/h23,26-27,37-38,48-49H,5-22,24-25,28-36,39-46H2,1-4H3,(H,55,56). The zero-order chi connectivity index (χ0) is 45.0. The Morgan fingerprint density at radius 2 is 1.10 bits per heavy atom. The van der Waals surface area contributed by atoms with Crippen molar-refractivity contribution in [2.75, 3.05) is 32.8 Å². The molecule has 9 nitrogen and oxygen atoms in total. The van der Waals surface area contributed by atoms with Crippen molar-refractivity contribution in [2.45, 2.75) is 239 Å². The number of nitrogens with one attached hydrogen (secondary N) is 1. The van der Waals surface area contributed by atoms with E-state index in [0.717, 1.165) is 122 Å². The molecular weight excluding hydrogens is 773 g/mol. The number of unbranched alkanes of at least 4 members (excludes halogenated alkanes) is 18. The van der Waals surface area contributed by atoms with Crippen molar-refractivity contribution in [3.05, 3.63) is 30.3 Å². The minimum atomic E-state index is -0.0350. The molecule has 62 heavy (non-hydrogen) atoms.